The van der Waals surface area contributed by atoms with Crippen LogP contribution in [0.25, 0.3) is 0 Å². The van der Waals surface area contributed by atoms with Gasteiger partial charge in [-0.05, 0) is 122 Å². The van der Waals surface area contributed by atoms with Crippen molar-refractivity contribution in [1.82, 2.24) is 0 Å². The van der Waals surface area contributed by atoms with E-state index in [0.29, 0.717) is 35.8 Å². The van der Waals surface area contributed by atoms with Gasteiger partial charge in [0.05, 0.1) is 25.4 Å². The van der Waals surface area contributed by atoms with Gasteiger partial charge in [-0.1, -0.05) is 70.4 Å². The van der Waals surface area contributed by atoms with Crippen LogP contribution < -0.4 is 9.47 Å². The minimum Gasteiger partial charge on any atom is -0.494 e. The molecule has 9 nitrogen and oxygen atoms in total. The summed E-state index contributed by atoms with van der Waals surface area (Å²) in [6.45, 7) is 10.1. The van der Waals surface area contributed by atoms with E-state index >= 15 is 0 Å². The van der Waals surface area contributed by atoms with E-state index in [1.807, 2.05) is 12.1 Å². The van der Waals surface area contributed by atoms with Crippen LogP contribution in [0.3, 0.4) is 0 Å². The Balaban J connectivity index is 1.53. The second-order valence-corrected chi connectivity index (χ2v) is 15.9. The van der Waals surface area contributed by atoms with Crippen LogP contribution in [0.2, 0.25) is 0 Å². The monoisotopic (exact) mass is 820 g/mol. The fourth-order valence-corrected chi connectivity index (χ4v) is 7.43. The molecule has 0 aliphatic heterocycles. The Bertz CT molecular complexity index is 1720. The molecule has 0 aliphatic rings. The third kappa shape index (κ3) is 18.1. The highest BCUT2D eigenvalue weighted by Crippen LogP contribution is 2.31. The number of carbonyl (C=O) groups excluding carboxylic acids is 5. The molecule has 0 spiro atoms. The third-order valence-electron chi connectivity index (χ3n) is 8.18. The van der Waals surface area contributed by atoms with Gasteiger partial charge in [0.2, 0.25) is 10.2 Å². The number of carbonyl (C=O) groups is 5. The van der Waals surface area contributed by atoms with Crippen molar-refractivity contribution in [3.8, 4) is 11.5 Å². The summed E-state index contributed by atoms with van der Waals surface area (Å²) in [5.74, 6) is 0.708. The van der Waals surface area contributed by atoms with E-state index in [4.69, 9.17) is 18.9 Å². The van der Waals surface area contributed by atoms with Crippen molar-refractivity contribution in [1.29, 1.82) is 0 Å². The van der Waals surface area contributed by atoms with Crippen LogP contribution in [0.15, 0.2) is 102 Å². The van der Waals surface area contributed by atoms with Crippen LogP contribution in [0.1, 0.15) is 109 Å². The first-order valence-corrected chi connectivity index (χ1v) is 21.8. The molecule has 3 aromatic rings. The van der Waals surface area contributed by atoms with Gasteiger partial charge in [0, 0.05) is 27.2 Å². The van der Waals surface area contributed by atoms with Gasteiger partial charge in [0.25, 0.3) is 0 Å². The minimum atomic E-state index is -0.648. The van der Waals surface area contributed by atoms with Crippen LogP contribution >= 0.6 is 35.3 Å². The molecular formula is C44H52O9S3. The van der Waals surface area contributed by atoms with Gasteiger partial charge in [0.15, 0.2) is 0 Å². The van der Waals surface area contributed by atoms with E-state index in [-0.39, 0.29) is 33.7 Å². The maximum atomic E-state index is 13.2. The van der Waals surface area contributed by atoms with Crippen LogP contribution in [0.4, 0.5) is 0 Å². The van der Waals surface area contributed by atoms with Crippen molar-refractivity contribution < 1.29 is 42.9 Å². The molecule has 0 atom stereocenters. The van der Waals surface area contributed by atoms with Crippen LogP contribution in [0, 0.1) is 0 Å². The molecule has 0 amide bonds. The highest BCUT2D eigenvalue weighted by Gasteiger charge is 2.20. The summed E-state index contributed by atoms with van der Waals surface area (Å²) in [6, 6.07) is 18.7. The topological polar surface area (TPSA) is 122 Å². The molecule has 300 valence electrons. The number of rotatable bonds is 27. The molecule has 0 radical (unpaired) electrons. The smallest absolute Gasteiger partial charge is 0.343 e. The first-order valence-electron chi connectivity index (χ1n) is 19.0. The second-order valence-electron chi connectivity index (χ2n) is 12.6. The Kier molecular flexibility index (Phi) is 22.5. The third-order valence-corrected chi connectivity index (χ3v) is 11.1. The zero-order valence-corrected chi connectivity index (χ0v) is 34.6. The quantitative estimate of drug-likeness (QED) is 0.0239. The van der Waals surface area contributed by atoms with Gasteiger partial charge < -0.3 is 18.9 Å². The average Bonchev–Trinajstić information content (AvgIpc) is 3.22. The first kappa shape index (κ1) is 46.1. The van der Waals surface area contributed by atoms with Gasteiger partial charge in [-0.3, -0.25) is 9.59 Å². The Hall–Kier alpha value is -4.26. The lowest BCUT2D eigenvalue weighted by Gasteiger charge is -2.12. The lowest BCUT2D eigenvalue weighted by molar-refractivity contribution is -0.137. The molecule has 0 heterocycles. The lowest BCUT2D eigenvalue weighted by atomic mass is 10.2. The largest absolute Gasteiger partial charge is 0.494 e. The van der Waals surface area contributed by atoms with Crippen molar-refractivity contribution >= 4 is 63.4 Å². The van der Waals surface area contributed by atoms with Gasteiger partial charge in [-0.15, -0.1) is 11.8 Å². The van der Waals surface area contributed by atoms with Gasteiger partial charge >= 0.3 is 17.9 Å². The van der Waals surface area contributed by atoms with Crippen molar-refractivity contribution in [2.75, 3.05) is 31.3 Å². The molecule has 56 heavy (non-hydrogen) atoms. The minimum absolute atomic E-state index is 0.000668. The average molecular weight is 821 g/mol. The summed E-state index contributed by atoms with van der Waals surface area (Å²) < 4.78 is 22.0. The molecule has 0 aliphatic carbocycles. The highest BCUT2D eigenvalue weighted by molar-refractivity contribution is 8.14. The zero-order chi connectivity index (χ0) is 40.4. The van der Waals surface area contributed by atoms with E-state index in [1.165, 1.54) is 36.0 Å². The van der Waals surface area contributed by atoms with Gasteiger partial charge in [-0.2, -0.15) is 0 Å². The van der Waals surface area contributed by atoms with Crippen molar-refractivity contribution in [2.45, 2.75) is 87.3 Å². The Morgan fingerprint density at radius 2 is 1.25 bits per heavy atom. The predicted molar refractivity (Wildman–Crippen MR) is 226 cm³/mol. The van der Waals surface area contributed by atoms with E-state index < -0.39 is 17.9 Å². The molecule has 0 bridgehead atoms. The summed E-state index contributed by atoms with van der Waals surface area (Å²) in [4.78, 5) is 63.5. The fourth-order valence-electron chi connectivity index (χ4n) is 5.07. The van der Waals surface area contributed by atoms with Crippen LogP contribution in [-0.4, -0.2) is 59.5 Å². The first-order chi connectivity index (χ1) is 27.2. The number of hydrogen-bond acceptors (Lipinski definition) is 12. The Morgan fingerprint density at radius 3 is 1.95 bits per heavy atom. The van der Waals surface area contributed by atoms with Crippen molar-refractivity contribution in [3.05, 3.63) is 109 Å². The second kappa shape index (κ2) is 27.4. The van der Waals surface area contributed by atoms with Gasteiger partial charge in [-0.25, -0.2) is 14.4 Å². The predicted octanol–water partition coefficient (Wildman–Crippen LogP) is 11.0. The van der Waals surface area contributed by atoms with E-state index in [1.54, 1.807) is 54.2 Å². The number of ether oxygens (including phenoxy) is 4. The molecule has 0 aromatic heterocycles. The van der Waals surface area contributed by atoms with Crippen molar-refractivity contribution in [3.63, 3.8) is 0 Å². The Morgan fingerprint density at radius 1 is 0.625 bits per heavy atom. The summed E-state index contributed by atoms with van der Waals surface area (Å²) in [6.07, 6.45) is 12.8. The van der Waals surface area contributed by atoms with Crippen LogP contribution in [0.5, 0.6) is 11.5 Å². The summed E-state index contributed by atoms with van der Waals surface area (Å²) >= 11 is 3.98. The van der Waals surface area contributed by atoms with Crippen molar-refractivity contribution in [2.24, 2.45) is 0 Å². The molecule has 3 rings (SSSR count). The molecule has 0 N–H and O–H groups in total. The number of thioether (sulfide) groups is 3. The zero-order valence-electron chi connectivity index (χ0n) is 32.1. The van der Waals surface area contributed by atoms with E-state index in [0.717, 1.165) is 92.4 Å². The fraction of sp³-hybridized carbons (Fsp3) is 0.386. The number of unbranched alkanes of at least 4 members (excludes halogenated alkanes) is 8. The van der Waals surface area contributed by atoms with E-state index in [2.05, 4.69) is 20.1 Å². The van der Waals surface area contributed by atoms with Gasteiger partial charge in [0.1, 0.15) is 17.1 Å². The maximum absolute atomic E-state index is 13.2. The summed E-state index contributed by atoms with van der Waals surface area (Å²) in [5.41, 5.74) is 0.862. The molecule has 0 unspecified atom stereocenters. The Labute approximate surface area is 343 Å². The number of hydrogen-bond donors (Lipinski definition) is 0. The SMILES string of the molecule is C=CC(=O)OCCCCCCSc1ccc(C(=O)Sc2ccc(OC(=O)c3ccc(OCCCCCCSC(=O)C=C)cc3)c(C(=O)OCCCCC)c2)cc1. The highest BCUT2D eigenvalue weighted by atomic mass is 32.2. The number of esters is 3. The molecule has 3 aromatic carbocycles. The molecule has 0 saturated heterocycles. The summed E-state index contributed by atoms with van der Waals surface area (Å²) in [7, 11) is 0. The maximum Gasteiger partial charge on any atom is 0.343 e. The molecule has 12 heteroatoms. The number of benzene rings is 3. The molecule has 0 saturated carbocycles. The standard InChI is InChI=1S/C44H52O9S3/c1-4-7-12-29-52-43(48)38-32-37(56-44(49)34-19-23-36(24-20-34)54-30-15-10-9-14-28-51-40(45)5-2)25-26-39(38)53-42(47)33-17-21-35(22-18-33)50-27-13-8-11-16-31-55-41(46)6-3/h5-6,17-26,32H,2-4,7-16,27-31H2,1H3. The molecule has 0 fully saturated rings. The normalized spacial score (nSPS) is 10.7. The summed E-state index contributed by atoms with van der Waals surface area (Å²) in [5, 5.41) is -0.191. The van der Waals surface area contributed by atoms with Crippen LogP contribution in [-0.2, 0) is 19.1 Å². The molecular weight excluding hydrogens is 769 g/mol. The lowest BCUT2D eigenvalue weighted by Crippen LogP contribution is -2.14. The van der Waals surface area contributed by atoms with E-state index in [9.17, 15) is 24.0 Å².